The Hall–Kier alpha value is -4.32. The van der Waals surface area contributed by atoms with Crippen molar-refractivity contribution in [3.8, 4) is 6.07 Å². The number of nitriles is 1. The fourth-order valence-corrected chi connectivity index (χ4v) is 3.08. The van der Waals surface area contributed by atoms with Crippen molar-refractivity contribution in [3.63, 3.8) is 0 Å². The van der Waals surface area contributed by atoms with E-state index in [1.807, 2.05) is 6.07 Å². The summed E-state index contributed by atoms with van der Waals surface area (Å²) < 4.78 is 1.37. The second-order valence-corrected chi connectivity index (χ2v) is 6.37. The maximum atomic E-state index is 12.7. The maximum absolute atomic E-state index is 12.7. The number of aryl methyl sites for hydroxylation is 1. The van der Waals surface area contributed by atoms with Gasteiger partial charge in [-0.25, -0.2) is 0 Å². The Morgan fingerprint density at radius 3 is 2.69 bits per heavy atom. The van der Waals surface area contributed by atoms with Crippen molar-refractivity contribution in [1.29, 1.82) is 5.26 Å². The van der Waals surface area contributed by atoms with Gasteiger partial charge in [-0.3, -0.25) is 28.9 Å². The molecule has 1 aliphatic rings. The molecule has 29 heavy (non-hydrogen) atoms. The molecule has 0 fully saturated rings. The van der Waals surface area contributed by atoms with E-state index < -0.39 is 17.7 Å². The first-order chi connectivity index (χ1) is 14.0. The minimum absolute atomic E-state index is 0.0509. The van der Waals surface area contributed by atoms with Crippen molar-refractivity contribution in [2.24, 2.45) is 7.05 Å². The molecular formula is C20H14N6O3. The van der Waals surface area contributed by atoms with Crippen LogP contribution >= 0.6 is 0 Å². The Bertz CT molecular complexity index is 1190. The van der Waals surface area contributed by atoms with Crippen molar-refractivity contribution >= 4 is 23.5 Å². The van der Waals surface area contributed by atoms with Crippen molar-refractivity contribution in [2.75, 3.05) is 5.32 Å². The first-order valence-corrected chi connectivity index (χ1v) is 8.63. The monoisotopic (exact) mass is 386 g/mol. The highest BCUT2D eigenvalue weighted by Gasteiger charge is 2.36. The quantitative estimate of drug-likeness (QED) is 0.682. The van der Waals surface area contributed by atoms with E-state index >= 15 is 0 Å². The highest BCUT2D eigenvalue weighted by Crippen LogP contribution is 2.26. The Kier molecular flexibility index (Phi) is 4.37. The highest BCUT2D eigenvalue weighted by molar-refractivity contribution is 6.22. The van der Waals surface area contributed by atoms with Gasteiger partial charge in [0.15, 0.2) is 0 Å². The van der Waals surface area contributed by atoms with E-state index in [4.69, 9.17) is 5.26 Å². The molecule has 2 aromatic heterocycles. The summed E-state index contributed by atoms with van der Waals surface area (Å²) in [5.74, 6) is -1.18. The lowest BCUT2D eigenvalue weighted by molar-refractivity contribution is 0.0640. The summed E-state index contributed by atoms with van der Waals surface area (Å²) in [6.45, 7) is 0.0509. The van der Waals surface area contributed by atoms with E-state index in [0.29, 0.717) is 5.69 Å². The summed E-state index contributed by atoms with van der Waals surface area (Å²) in [7, 11) is 1.59. The Labute approximate surface area is 165 Å². The number of rotatable bonds is 4. The van der Waals surface area contributed by atoms with Crippen LogP contribution in [0.1, 0.15) is 42.3 Å². The molecule has 0 bridgehead atoms. The Balaban J connectivity index is 1.59. The van der Waals surface area contributed by atoms with E-state index in [1.165, 1.54) is 29.1 Å². The second-order valence-electron chi connectivity index (χ2n) is 6.37. The van der Waals surface area contributed by atoms with Gasteiger partial charge in [0.05, 0.1) is 29.6 Å². The van der Waals surface area contributed by atoms with E-state index in [0.717, 1.165) is 4.90 Å². The molecule has 0 saturated carbocycles. The lowest BCUT2D eigenvalue weighted by atomic mass is 10.1. The zero-order chi connectivity index (χ0) is 20.5. The molecule has 3 aromatic rings. The summed E-state index contributed by atoms with van der Waals surface area (Å²) in [5, 5.41) is 15.7. The molecule has 3 amide bonds. The molecule has 1 aromatic carbocycles. The molecule has 1 aliphatic heterocycles. The molecule has 0 atom stereocenters. The lowest BCUT2D eigenvalue weighted by Crippen LogP contribution is -2.29. The third-order valence-corrected chi connectivity index (χ3v) is 4.57. The largest absolute Gasteiger partial charge is 0.306 e. The van der Waals surface area contributed by atoms with Gasteiger partial charge in [-0.1, -0.05) is 6.07 Å². The van der Waals surface area contributed by atoms with Gasteiger partial charge < -0.3 is 5.32 Å². The molecule has 0 saturated heterocycles. The molecule has 9 heteroatoms. The fraction of sp³-hybridized carbons (Fsp3) is 0.100. The average Bonchev–Trinajstić information content (AvgIpc) is 3.21. The van der Waals surface area contributed by atoms with Gasteiger partial charge in [-0.2, -0.15) is 10.4 Å². The van der Waals surface area contributed by atoms with Gasteiger partial charge in [-0.15, -0.1) is 0 Å². The number of amides is 3. The van der Waals surface area contributed by atoms with Crippen LogP contribution in [0, 0.1) is 11.3 Å². The minimum atomic E-state index is -0.517. The number of imide groups is 1. The number of hydrogen-bond acceptors (Lipinski definition) is 6. The summed E-state index contributed by atoms with van der Waals surface area (Å²) in [5.41, 5.74) is 1.38. The molecule has 0 aliphatic carbocycles. The topological polar surface area (TPSA) is 121 Å². The normalized spacial score (nSPS) is 12.6. The average molecular weight is 386 g/mol. The highest BCUT2D eigenvalue weighted by atomic mass is 16.2. The summed E-state index contributed by atoms with van der Waals surface area (Å²) in [4.78, 5) is 43.2. The number of anilines is 1. The molecule has 9 nitrogen and oxygen atoms in total. The Morgan fingerprint density at radius 1 is 1.17 bits per heavy atom. The van der Waals surface area contributed by atoms with Crippen molar-refractivity contribution in [2.45, 2.75) is 6.54 Å². The summed E-state index contributed by atoms with van der Waals surface area (Å²) >= 11 is 0. The van der Waals surface area contributed by atoms with Crippen molar-refractivity contribution in [3.05, 3.63) is 76.7 Å². The first kappa shape index (κ1) is 18.1. The standard InChI is InChI=1S/C20H14N6O3/c1-25-17(13(9-21)10-23-25)24-18(27)12-5-6-15-16(8-12)20(29)26(19(15)28)11-14-4-2-3-7-22-14/h2-8,10H,11H2,1H3,(H,24,27). The van der Waals surface area contributed by atoms with Gasteiger partial charge in [0.25, 0.3) is 17.7 Å². The molecule has 0 unspecified atom stereocenters. The van der Waals surface area contributed by atoms with E-state index in [9.17, 15) is 14.4 Å². The van der Waals surface area contributed by atoms with Crippen LogP contribution < -0.4 is 5.32 Å². The van der Waals surface area contributed by atoms with Crippen LogP contribution in [0.2, 0.25) is 0 Å². The second kappa shape index (κ2) is 7.01. The number of aromatic nitrogens is 3. The molecule has 0 spiro atoms. The third-order valence-electron chi connectivity index (χ3n) is 4.57. The number of carbonyl (C=O) groups excluding carboxylic acids is 3. The van der Waals surface area contributed by atoms with Crippen LogP contribution in [-0.4, -0.2) is 37.4 Å². The summed E-state index contributed by atoms with van der Waals surface area (Å²) in [6, 6.07) is 11.5. The first-order valence-electron chi connectivity index (χ1n) is 8.63. The van der Waals surface area contributed by atoms with Crippen molar-refractivity contribution in [1.82, 2.24) is 19.7 Å². The third kappa shape index (κ3) is 3.12. The molecule has 142 valence electrons. The van der Waals surface area contributed by atoms with Crippen molar-refractivity contribution < 1.29 is 14.4 Å². The number of fused-ring (bicyclic) bond motifs is 1. The molecule has 3 heterocycles. The predicted octanol–water partition coefficient (Wildman–Crippen LogP) is 1.74. The lowest BCUT2D eigenvalue weighted by Gasteiger charge is -2.12. The van der Waals surface area contributed by atoms with Crippen LogP contribution in [0.15, 0.2) is 48.8 Å². The Morgan fingerprint density at radius 2 is 1.97 bits per heavy atom. The van der Waals surface area contributed by atoms with E-state index in [-0.39, 0.29) is 34.6 Å². The summed E-state index contributed by atoms with van der Waals surface area (Å²) in [6.07, 6.45) is 2.93. The van der Waals surface area contributed by atoms with Gasteiger partial charge in [0.2, 0.25) is 0 Å². The van der Waals surface area contributed by atoms with Gasteiger partial charge >= 0.3 is 0 Å². The van der Waals surface area contributed by atoms with Crippen LogP contribution in [0.5, 0.6) is 0 Å². The van der Waals surface area contributed by atoms with Crippen LogP contribution in [0.4, 0.5) is 5.82 Å². The molecular weight excluding hydrogens is 372 g/mol. The maximum Gasteiger partial charge on any atom is 0.261 e. The van der Waals surface area contributed by atoms with Crippen LogP contribution in [-0.2, 0) is 13.6 Å². The minimum Gasteiger partial charge on any atom is -0.306 e. The van der Waals surface area contributed by atoms with Gasteiger partial charge in [0, 0.05) is 18.8 Å². The zero-order valence-electron chi connectivity index (χ0n) is 15.3. The van der Waals surface area contributed by atoms with Crippen LogP contribution in [0.25, 0.3) is 0 Å². The fourth-order valence-electron chi connectivity index (χ4n) is 3.08. The number of hydrogen-bond donors (Lipinski definition) is 1. The van der Waals surface area contributed by atoms with E-state index in [1.54, 1.807) is 31.4 Å². The molecule has 0 radical (unpaired) electrons. The van der Waals surface area contributed by atoms with E-state index in [2.05, 4.69) is 15.4 Å². The number of pyridine rings is 1. The number of nitrogens with one attached hydrogen (secondary N) is 1. The predicted molar refractivity (Wildman–Crippen MR) is 101 cm³/mol. The molecule has 4 rings (SSSR count). The number of benzene rings is 1. The number of carbonyl (C=O) groups is 3. The molecule has 1 N–H and O–H groups in total. The smallest absolute Gasteiger partial charge is 0.261 e. The zero-order valence-corrected chi connectivity index (χ0v) is 15.3. The SMILES string of the molecule is Cn1ncc(C#N)c1NC(=O)c1ccc2c(c1)C(=O)N(Cc1ccccn1)C2=O. The number of nitrogens with zero attached hydrogens (tertiary/aromatic N) is 5. The van der Waals surface area contributed by atoms with Gasteiger partial charge in [0.1, 0.15) is 17.5 Å². The van der Waals surface area contributed by atoms with Crippen LogP contribution in [0.3, 0.4) is 0 Å². The van der Waals surface area contributed by atoms with Gasteiger partial charge in [-0.05, 0) is 30.3 Å².